The number of fused-ring (bicyclic) bond motifs is 1. The highest BCUT2D eigenvalue weighted by molar-refractivity contribution is 5.92. The van der Waals surface area contributed by atoms with E-state index in [1.165, 1.54) is 24.5 Å². The first-order valence-electron chi connectivity index (χ1n) is 8.41. The fraction of sp³-hybridized carbons (Fsp3) is 0.300. The van der Waals surface area contributed by atoms with E-state index in [1.807, 2.05) is 6.07 Å². The molecule has 0 heterocycles. The number of aliphatic carboxylic acids is 1. The van der Waals surface area contributed by atoms with Gasteiger partial charge >= 0.3 is 5.97 Å². The summed E-state index contributed by atoms with van der Waals surface area (Å²) in [6, 6.07) is 13.0. The maximum atomic E-state index is 12.2. The van der Waals surface area contributed by atoms with E-state index in [1.54, 1.807) is 24.3 Å². The molecule has 5 nitrogen and oxygen atoms in total. The molecule has 5 heteroatoms. The highest BCUT2D eigenvalue weighted by atomic mass is 16.5. The Balaban J connectivity index is 1.56. The Kier molecular flexibility index (Phi) is 5.03. The number of carbonyl (C=O) groups excluding carboxylic acids is 1. The van der Waals surface area contributed by atoms with Crippen LogP contribution in [0.3, 0.4) is 0 Å². The zero-order valence-corrected chi connectivity index (χ0v) is 14.1. The average Bonchev–Trinajstić information content (AvgIpc) is 3.04. The Morgan fingerprint density at radius 2 is 1.84 bits per heavy atom. The first kappa shape index (κ1) is 17.0. The van der Waals surface area contributed by atoms with Gasteiger partial charge in [0.2, 0.25) is 5.91 Å². The van der Waals surface area contributed by atoms with E-state index in [0.29, 0.717) is 5.75 Å². The third kappa shape index (κ3) is 4.38. The zero-order valence-electron chi connectivity index (χ0n) is 14.1. The van der Waals surface area contributed by atoms with Crippen LogP contribution in [0.25, 0.3) is 0 Å². The van der Waals surface area contributed by atoms with Crippen molar-refractivity contribution >= 4 is 17.6 Å². The second kappa shape index (κ2) is 7.38. The van der Waals surface area contributed by atoms with Gasteiger partial charge in [-0.25, -0.2) is 4.79 Å². The van der Waals surface area contributed by atoms with Crippen molar-refractivity contribution in [2.45, 2.75) is 38.7 Å². The first-order valence-corrected chi connectivity index (χ1v) is 8.41. The van der Waals surface area contributed by atoms with Crippen LogP contribution in [0.5, 0.6) is 5.75 Å². The monoisotopic (exact) mass is 339 g/mol. The van der Waals surface area contributed by atoms with E-state index >= 15 is 0 Å². The molecule has 0 aromatic heterocycles. The smallest absolute Gasteiger partial charge is 0.344 e. The van der Waals surface area contributed by atoms with E-state index in [9.17, 15) is 9.59 Å². The molecule has 3 rings (SSSR count). The Bertz CT molecular complexity index is 783. The lowest BCUT2D eigenvalue weighted by Crippen LogP contribution is -2.22. The van der Waals surface area contributed by atoms with E-state index in [2.05, 4.69) is 17.4 Å². The Morgan fingerprint density at radius 1 is 1.12 bits per heavy atom. The highest BCUT2D eigenvalue weighted by Gasteiger charge is 2.13. The van der Waals surface area contributed by atoms with Gasteiger partial charge in [-0.05, 0) is 67.1 Å². The van der Waals surface area contributed by atoms with Crippen LogP contribution < -0.4 is 10.1 Å². The maximum absolute atomic E-state index is 12.2. The summed E-state index contributed by atoms with van der Waals surface area (Å²) >= 11 is 0. The second-order valence-corrected chi connectivity index (χ2v) is 6.30. The molecule has 2 aromatic carbocycles. The minimum absolute atomic E-state index is 0.0782. The molecule has 1 aliphatic carbocycles. The van der Waals surface area contributed by atoms with Crippen molar-refractivity contribution < 1.29 is 19.4 Å². The molecule has 0 saturated heterocycles. The molecule has 1 amide bonds. The van der Waals surface area contributed by atoms with Gasteiger partial charge in [0.05, 0.1) is 6.42 Å². The summed E-state index contributed by atoms with van der Waals surface area (Å²) < 4.78 is 5.27. The quantitative estimate of drug-likeness (QED) is 0.847. The fourth-order valence-corrected chi connectivity index (χ4v) is 2.98. The Labute approximate surface area is 146 Å². The van der Waals surface area contributed by atoms with Crippen molar-refractivity contribution in [2.75, 3.05) is 5.32 Å². The van der Waals surface area contributed by atoms with Crippen molar-refractivity contribution in [3.63, 3.8) is 0 Å². The van der Waals surface area contributed by atoms with Crippen molar-refractivity contribution in [1.29, 1.82) is 0 Å². The van der Waals surface area contributed by atoms with Crippen molar-refractivity contribution in [3.05, 3.63) is 59.2 Å². The number of aryl methyl sites for hydroxylation is 2. The number of hydrogen-bond acceptors (Lipinski definition) is 3. The number of amides is 1. The molecule has 0 fully saturated rings. The molecule has 0 bridgehead atoms. The number of rotatable bonds is 6. The van der Waals surface area contributed by atoms with Crippen LogP contribution in [0.2, 0.25) is 0 Å². The molecule has 2 N–H and O–H groups in total. The van der Waals surface area contributed by atoms with Crippen LogP contribution in [0, 0.1) is 0 Å². The third-order valence-electron chi connectivity index (χ3n) is 4.33. The van der Waals surface area contributed by atoms with E-state index < -0.39 is 12.1 Å². The van der Waals surface area contributed by atoms with E-state index in [-0.39, 0.29) is 12.3 Å². The zero-order chi connectivity index (χ0) is 17.8. The fourth-order valence-electron chi connectivity index (χ4n) is 2.98. The largest absolute Gasteiger partial charge is 0.479 e. The van der Waals surface area contributed by atoms with Gasteiger partial charge in [-0.15, -0.1) is 0 Å². The lowest BCUT2D eigenvalue weighted by molar-refractivity contribution is -0.144. The van der Waals surface area contributed by atoms with Gasteiger partial charge in [0, 0.05) is 5.69 Å². The van der Waals surface area contributed by atoms with Gasteiger partial charge in [-0.1, -0.05) is 18.2 Å². The summed E-state index contributed by atoms with van der Waals surface area (Å²) in [4.78, 5) is 23.0. The highest BCUT2D eigenvalue weighted by Crippen LogP contribution is 2.25. The first-order chi connectivity index (χ1) is 12.0. The summed E-state index contributed by atoms with van der Waals surface area (Å²) in [5.74, 6) is -0.624. The number of carboxylic acid groups (broad SMARTS) is 1. The summed E-state index contributed by atoms with van der Waals surface area (Å²) in [7, 11) is 0. The maximum Gasteiger partial charge on any atom is 0.344 e. The van der Waals surface area contributed by atoms with Gasteiger partial charge in [0.15, 0.2) is 6.10 Å². The number of anilines is 1. The molecule has 1 unspecified atom stereocenters. The lowest BCUT2D eigenvalue weighted by Gasteiger charge is -2.11. The SMILES string of the molecule is CC(Oc1ccc(CC(=O)Nc2ccc3c(c2)CCC3)cc1)C(=O)O. The molecular formula is C20H21NO4. The Morgan fingerprint density at radius 3 is 2.56 bits per heavy atom. The molecule has 0 radical (unpaired) electrons. The Hall–Kier alpha value is -2.82. The predicted octanol–water partition coefficient (Wildman–Crippen LogP) is 3.21. The van der Waals surface area contributed by atoms with Crippen LogP contribution in [-0.2, 0) is 28.9 Å². The summed E-state index contributed by atoms with van der Waals surface area (Å²) in [5, 5.41) is 11.8. The summed E-state index contributed by atoms with van der Waals surface area (Å²) in [6.07, 6.45) is 2.73. The average molecular weight is 339 g/mol. The predicted molar refractivity (Wildman–Crippen MR) is 95.0 cm³/mol. The number of carbonyl (C=O) groups is 2. The van der Waals surface area contributed by atoms with E-state index in [4.69, 9.17) is 9.84 Å². The van der Waals surface area contributed by atoms with Crippen LogP contribution in [0.4, 0.5) is 5.69 Å². The molecule has 0 saturated carbocycles. The second-order valence-electron chi connectivity index (χ2n) is 6.30. The molecule has 1 atom stereocenters. The number of nitrogens with one attached hydrogen (secondary N) is 1. The normalized spacial score (nSPS) is 13.8. The molecule has 0 aliphatic heterocycles. The summed E-state index contributed by atoms with van der Waals surface area (Å²) in [6.45, 7) is 1.47. The molecule has 25 heavy (non-hydrogen) atoms. The van der Waals surface area contributed by atoms with Crippen molar-refractivity contribution in [1.82, 2.24) is 0 Å². The third-order valence-corrected chi connectivity index (χ3v) is 4.33. The van der Waals surface area contributed by atoms with Crippen LogP contribution >= 0.6 is 0 Å². The molecule has 2 aromatic rings. The van der Waals surface area contributed by atoms with Crippen LogP contribution in [0.1, 0.15) is 30.0 Å². The van der Waals surface area contributed by atoms with Gasteiger partial charge in [-0.2, -0.15) is 0 Å². The lowest BCUT2D eigenvalue weighted by atomic mass is 10.1. The van der Waals surface area contributed by atoms with Crippen molar-refractivity contribution in [2.24, 2.45) is 0 Å². The number of benzene rings is 2. The number of carboxylic acids is 1. The minimum Gasteiger partial charge on any atom is -0.479 e. The molecule has 130 valence electrons. The number of hydrogen-bond donors (Lipinski definition) is 2. The van der Waals surface area contributed by atoms with Gasteiger partial charge in [-0.3, -0.25) is 4.79 Å². The van der Waals surface area contributed by atoms with Crippen LogP contribution in [-0.4, -0.2) is 23.1 Å². The molecule has 0 spiro atoms. The number of ether oxygens (including phenoxy) is 1. The van der Waals surface area contributed by atoms with Gasteiger partial charge in [0.1, 0.15) is 5.75 Å². The van der Waals surface area contributed by atoms with Gasteiger partial charge in [0.25, 0.3) is 0 Å². The molecule has 1 aliphatic rings. The molecular weight excluding hydrogens is 318 g/mol. The summed E-state index contributed by atoms with van der Waals surface area (Å²) in [5.41, 5.74) is 4.38. The topological polar surface area (TPSA) is 75.6 Å². The van der Waals surface area contributed by atoms with Gasteiger partial charge < -0.3 is 15.2 Å². The van der Waals surface area contributed by atoms with Crippen molar-refractivity contribution in [3.8, 4) is 5.75 Å². The van der Waals surface area contributed by atoms with Crippen LogP contribution in [0.15, 0.2) is 42.5 Å². The minimum atomic E-state index is -1.02. The van der Waals surface area contributed by atoms with E-state index in [0.717, 1.165) is 24.1 Å². The standard InChI is InChI=1S/C20H21NO4/c1-13(20(23)24)25-18-9-5-14(6-10-18)11-19(22)21-17-8-7-15-3-2-4-16(15)12-17/h5-10,12-13H,2-4,11H2,1H3,(H,21,22)(H,23,24).